The molecule has 6 heteroatoms. The van der Waals surface area contributed by atoms with E-state index >= 15 is 0 Å². The van der Waals surface area contributed by atoms with E-state index in [0.29, 0.717) is 11.5 Å². The predicted molar refractivity (Wildman–Crippen MR) is 83.9 cm³/mol. The Morgan fingerprint density at radius 1 is 1.00 bits per heavy atom. The third-order valence-corrected chi connectivity index (χ3v) is 3.46. The topological polar surface area (TPSA) is 66.5 Å². The highest BCUT2D eigenvalue weighted by Gasteiger charge is 2.08. The first kappa shape index (κ1) is 12.1. The summed E-state index contributed by atoms with van der Waals surface area (Å²) in [6.07, 6.45) is 1.68. The fraction of sp³-hybridized carbons (Fsp3) is 0. The van der Waals surface area contributed by atoms with Crippen LogP contribution in [0.5, 0.6) is 0 Å². The first-order valence-electron chi connectivity index (χ1n) is 6.42. The zero-order chi connectivity index (χ0) is 14.2. The molecule has 2 N–H and O–H groups in total. The molecule has 21 heavy (non-hydrogen) atoms. The lowest BCUT2D eigenvalue weighted by Gasteiger charge is -2.08. The van der Waals surface area contributed by atoms with Crippen molar-refractivity contribution in [3.8, 4) is 0 Å². The molecule has 0 bridgehead atoms. The number of hydrogen-bond acceptors (Lipinski definition) is 4. The lowest BCUT2D eigenvalue weighted by molar-refractivity contribution is 1.09. The van der Waals surface area contributed by atoms with Gasteiger partial charge in [-0.1, -0.05) is 30.3 Å². The second-order valence-corrected chi connectivity index (χ2v) is 5.00. The molecule has 5 nitrogen and oxygen atoms in total. The van der Waals surface area contributed by atoms with Gasteiger partial charge in [0.05, 0.1) is 11.6 Å². The van der Waals surface area contributed by atoms with Crippen LogP contribution >= 0.6 is 11.6 Å². The van der Waals surface area contributed by atoms with E-state index in [-0.39, 0.29) is 5.28 Å². The van der Waals surface area contributed by atoms with Crippen molar-refractivity contribution < 1.29 is 0 Å². The molecular formula is C15H10ClN5. The summed E-state index contributed by atoms with van der Waals surface area (Å²) in [5.74, 6) is 0.633. The van der Waals surface area contributed by atoms with Crippen molar-refractivity contribution in [1.29, 1.82) is 0 Å². The number of rotatable bonds is 2. The van der Waals surface area contributed by atoms with E-state index in [1.165, 1.54) is 5.39 Å². The lowest BCUT2D eigenvalue weighted by Crippen LogP contribution is -1.96. The normalized spacial score (nSPS) is 11.1. The maximum Gasteiger partial charge on any atom is 0.226 e. The number of aromatic nitrogens is 4. The Balaban J connectivity index is 1.80. The molecule has 0 spiro atoms. The SMILES string of the molecule is Clc1nc(Nc2ccc3ccccc3c2)c2cn[nH]c2n1. The van der Waals surface area contributed by atoms with Gasteiger partial charge in [0, 0.05) is 5.69 Å². The Morgan fingerprint density at radius 3 is 2.76 bits per heavy atom. The molecule has 0 saturated heterocycles. The molecule has 0 unspecified atom stereocenters. The van der Waals surface area contributed by atoms with Crippen LogP contribution in [0.3, 0.4) is 0 Å². The van der Waals surface area contributed by atoms with Gasteiger partial charge in [0.2, 0.25) is 5.28 Å². The molecule has 0 radical (unpaired) electrons. The Morgan fingerprint density at radius 2 is 1.86 bits per heavy atom. The van der Waals surface area contributed by atoms with Crippen molar-refractivity contribution >= 4 is 44.9 Å². The summed E-state index contributed by atoms with van der Waals surface area (Å²) in [6, 6.07) is 14.3. The number of nitrogens with one attached hydrogen (secondary N) is 2. The van der Waals surface area contributed by atoms with Crippen molar-refractivity contribution in [2.45, 2.75) is 0 Å². The summed E-state index contributed by atoms with van der Waals surface area (Å²) < 4.78 is 0. The molecule has 0 atom stereocenters. The van der Waals surface area contributed by atoms with Crippen LogP contribution < -0.4 is 5.32 Å². The first-order chi connectivity index (χ1) is 10.3. The summed E-state index contributed by atoms with van der Waals surface area (Å²) in [6.45, 7) is 0. The van der Waals surface area contributed by atoms with E-state index in [4.69, 9.17) is 11.6 Å². The molecule has 102 valence electrons. The molecule has 0 aliphatic rings. The number of anilines is 2. The van der Waals surface area contributed by atoms with Gasteiger partial charge < -0.3 is 5.32 Å². The van der Waals surface area contributed by atoms with E-state index in [2.05, 4.69) is 49.7 Å². The van der Waals surface area contributed by atoms with Gasteiger partial charge in [0.1, 0.15) is 5.82 Å². The van der Waals surface area contributed by atoms with Crippen LogP contribution in [-0.4, -0.2) is 20.2 Å². The smallest absolute Gasteiger partial charge is 0.226 e. The predicted octanol–water partition coefficient (Wildman–Crippen LogP) is 3.90. The van der Waals surface area contributed by atoms with Crippen molar-refractivity contribution in [2.75, 3.05) is 5.32 Å². The molecule has 0 fully saturated rings. The fourth-order valence-corrected chi connectivity index (χ4v) is 2.48. The average molecular weight is 296 g/mol. The molecular weight excluding hydrogens is 286 g/mol. The average Bonchev–Trinajstić information content (AvgIpc) is 2.95. The van der Waals surface area contributed by atoms with Crippen LogP contribution in [-0.2, 0) is 0 Å². The van der Waals surface area contributed by atoms with Gasteiger partial charge in [-0.05, 0) is 34.5 Å². The van der Waals surface area contributed by atoms with Gasteiger partial charge in [-0.25, -0.2) is 0 Å². The van der Waals surface area contributed by atoms with Crippen molar-refractivity contribution in [2.24, 2.45) is 0 Å². The van der Waals surface area contributed by atoms with Gasteiger partial charge >= 0.3 is 0 Å². The number of H-pyrrole nitrogens is 1. The Kier molecular flexibility index (Phi) is 2.72. The molecule has 2 aromatic carbocycles. The van der Waals surface area contributed by atoms with Crippen molar-refractivity contribution in [3.05, 3.63) is 53.9 Å². The standard InChI is InChI=1S/C15H10ClN5/c16-15-19-13(12-8-17-21-14(12)20-15)18-11-6-5-9-3-1-2-4-10(9)7-11/h1-8H,(H2,17,18,19,20,21). The third-order valence-electron chi connectivity index (χ3n) is 3.29. The molecule has 2 heterocycles. The summed E-state index contributed by atoms with van der Waals surface area (Å²) in [7, 11) is 0. The number of benzene rings is 2. The highest BCUT2D eigenvalue weighted by molar-refractivity contribution is 6.28. The van der Waals surface area contributed by atoms with Gasteiger partial charge in [-0.15, -0.1) is 0 Å². The van der Waals surface area contributed by atoms with Gasteiger partial charge in [-0.2, -0.15) is 15.1 Å². The highest BCUT2D eigenvalue weighted by atomic mass is 35.5. The number of halogens is 1. The minimum absolute atomic E-state index is 0.176. The summed E-state index contributed by atoms with van der Waals surface area (Å²) in [4.78, 5) is 8.32. The third kappa shape index (κ3) is 2.17. The van der Waals surface area contributed by atoms with E-state index in [1.807, 2.05) is 18.2 Å². The van der Waals surface area contributed by atoms with E-state index in [9.17, 15) is 0 Å². The fourth-order valence-electron chi connectivity index (χ4n) is 2.31. The molecule has 4 rings (SSSR count). The van der Waals surface area contributed by atoms with Crippen LogP contribution in [0.2, 0.25) is 5.28 Å². The van der Waals surface area contributed by atoms with Crippen LogP contribution in [0.25, 0.3) is 21.8 Å². The van der Waals surface area contributed by atoms with Crippen LogP contribution in [0.4, 0.5) is 11.5 Å². The summed E-state index contributed by atoms with van der Waals surface area (Å²) in [5.41, 5.74) is 1.55. The Bertz CT molecular complexity index is 947. The van der Waals surface area contributed by atoms with Gasteiger partial charge in [0.25, 0.3) is 0 Å². The van der Waals surface area contributed by atoms with E-state index < -0.39 is 0 Å². The molecule has 2 aromatic heterocycles. The highest BCUT2D eigenvalue weighted by Crippen LogP contribution is 2.26. The Hall–Kier alpha value is -2.66. The molecule has 0 saturated carbocycles. The maximum absolute atomic E-state index is 5.93. The largest absolute Gasteiger partial charge is 0.339 e. The van der Waals surface area contributed by atoms with E-state index in [1.54, 1.807) is 6.20 Å². The molecule has 0 aliphatic heterocycles. The van der Waals surface area contributed by atoms with Crippen LogP contribution in [0.1, 0.15) is 0 Å². The number of hydrogen-bond donors (Lipinski definition) is 2. The second-order valence-electron chi connectivity index (χ2n) is 4.66. The molecule has 0 aliphatic carbocycles. The van der Waals surface area contributed by atoms with E-state index in [0.717, 1.165) is 16.5 Å². The zero-order valence-corrected chi connectivity index (χ0v) is 11.6. The van der Waals surface area contributed by atoms with Crippen LogP contribution in [0.15, 0.2) is 48.7 Å². The van der Waals surface area contributed by atoms with Crippen molar-refractivity contribution in [3.63, 3.8) is 0 Å². The van der Waals surface area contributed by atoms with Gasteiger partial charge in [0.15, 0.2) is 5.65 Å². The number of nitrogens with zero attached hydrogens (tertiary/aromatic N) is 3. The molecule has 0 amide bonds. The minimum atomic E-state index is 0.176. The lowest BCUT2D eigenvalue weighted by atomic mass is 10.1. The maximum atomic E-state index is 5.93. The molecule has 4 aromatic rings. The summed E-state index contributed by atoms with van der Waals surface area (Å²) >= 11 is 5.93. The number of fused-ring (bicyclic) bond motifs is 2. The second kappa shape index (κ2) is 4.71. The monoisotopic (exact) mass is 295 g/mol. The Labute approximate surface area is 125 Å². The summed E-state index contributed by atoms with van der Waals surface area (Å²) in [5, 5.41) is 13.4. The minimum Gasteiger partial charge on any atom is -0.339 e. The first-order valence-corrected chi connectivity index (χ1v) is 6.80. The van der Waals surface area contributed by atoms with Crippen LogP contribution in [0, 0.1) is 0 Å². The van der Waals surface area contributed by atoms with Crippen molar-refractivity contribution in [1.82, 2.24) is 20.2 Å². The van der Waals surface area contributed by atoms with Gasteiger partial charge in [-0.3, -0.25) is 5.10 Å². The number of aromatic amines is 1. The quantitative estimate of drug-likeness (QED) is 0.550. The zero-order valence-electron chi connectivity index (χ0n) is 10.8.